The van der Waals surface area contributed by atoms with Crippen molar-refractivity contribution in [2.45, 2.75) is 30.4 Å². The van der Waals surface area contributed by atoms with Crippen LogP contribution >= 0.6 is 0 Å². The highest BCUT2D eigenvalue weighted by Gasteiger charge is 2.35. The second-order valence-electron chi connectivity index (χ2n) is 4.74. The summed E-state index contributed by atoms with van der Waals surface area (Å²) in [5.41, 5.74) is 1.34. The van der Waals surface area contributed by atoms with Crippen LogP contribution in [-0.4, -0.2) is 22.1 Å². The molecule has 2 rings (SSSR count). The van der Waals surface area contributed by atoms with Crippen molar-refractivity contribution in [1.82, 2.24) is 0 Å². The molecule has 1 aromatic rings. The van der Waals surface area contributed by atoms with Gasteiger partial charge < -0.3 is 4.74 Å². The molecule has 0 aromatic heterocycles. The highest BCUT2D eigenvalue weighted by atomic mass is 28.1. The van der Waals surface area contributed by atoms with Crippen molar-refractivity contribution in [2.24, 2.45) is 0 Å². The Balaban J connectivity index is 2.25. The first-order chi connectivity index (χ1) is 7.76. The Morgan fingerprint density at radius 3 is 2.62 bits per heavy atom. The van der Waals surface area contributed by atoms with Gasteiger partial charge in [0.15, 0.2) is 0 Å². The molecule has 1 aliphatic rings. The van der Waals surface area contributed by atoms with E-state index in [9.17, 15) is 0 Å². The Bertz CT molecular complexity index is 341. The van der Waals surface area contributed by atoms with Crippen molar-refractivity contribution in [2.75, 3.05) is 6.61 Å². The topological polar surface area (TPSA) is 9.23 Å². The van der Waals surface area contributed by atoms with E-state index in [0.717, 1.165) is 16.8 Å². The maximum Gasteiger partial charge on any atom is 0.0586 e. The van der Waals surface area contributed by atoms with Crippen molar-refractivity contribution in [3.8, 4) is 0 Å². The van der Waals surface area contributed by atoms with Gasteiger partial charge in [-0.2, -0.15) is 0 Å². The van der Waals surface area contributed by atoms with Gasteiger partial charge in [-0.3, -0.25) is 0 Å². The molecule has 1 heterocycles. The van der Waals surface area contributed by atoms with E-state index in [2.05, 4.69) is 43.0 Å². The van der Waals surface area contributed by atoms with Crippen LogP contribution < -0.4 is 0 Å². The average molecular weight is 232 g/mol. The molecule has 1 aromatic carbocycles. The molecule has 0 N–H and O–H groups in total. The van der Waals surface area contributed by atoms with E-state index in [4.69, 9.17) is 4.74 Å². The van der Waals surface area contributed by atoms with E-state index in [1.54, 1.807) is 0 Å². The number of ether oxygens (including phenoxy) is 1. The molecule has 1 saturated heterocycles. The van der Waals surface area contributed by atoms with Crippen molar-refractivity contribution in [3.63, 3.8) is 0 Å². The molecule has 1 nitrogen and oxygen atoms in total. The summed E-state index contributed by atoms with van der Waals surface area (Å²) < 4.78 is 6.06. The Labute approximate surface area is 101 Å². The Kier molecular flexibility index (Phi) is 3.61. The predicted octanol–water partition coefficient (Wildman–Crippen LogP) is 2.22. The average Bonchev–Trinajstić information content (AvgIpc) is 2.32. The second-order valence-corrected chi connectivity index (χ2v) is 6.43. The van der Waals surface area contributed by atoms with Crippen molar-refractivity contribution >= 4 is 10.2 Å². The summed E-state index contributed by atoms with van der Waals surface area (Å²) >= 11 is 0. The van der Waals surface area contributed by atoms with Gasteiger partial charge in [-0.25, -0.2) is 0 Å². The molecule has 2 unspecified atom stereocenters. The maximum absolute atomic E-state index is 6.06. The van der Waals surface area contributed by atoms with E-state index < -0.39 is 0 Å². The summed E-state index contributed by atoms with van der Waals surface area (Å²) in [5, 5.41) is 0.0708. The molecular weight excluding hydrogens is 212 g/mol. The van der Waals surface area contributed by atoms with Gasteiger partial charge in [-0.1, -0.05) is 36.4 Å². The molecule has 1 fully saturated rings. The van der Waals surface area contributed by atoms with Crippen LogP contribution in [0.2, 0.25) is 0 Å². The molecule has 0 amide bonds. The highest BCUT2D eigenvalue weighted by Crippen LogP contribution is 2.36. The van der Waals surface area contributed by atoms with E-state index in [0.29, 0.717) is 5.92 Å². The smallest absolute Gasteiger partial charge is 0.0586 e. The van der Waals surface area contributed by atoms with Crippen LogP contribution in [0, 0.1) is 0 Å². The van der Waals surface area contributed by atoms with Gasteiger partial charge >= 0.3 is 0 Å². The van der Waals surface area contributed by atoms with Gasteiger partial charge in [0.1, 0.15) is 0 Å². The van der Waals surface area contributed by atoms with Crippen LogP contribution in [-0.2, 0) is 4.74 Å². The molecule has 2 atom stereocenters. The summed E-state index contributed by atoms with van der Waals surface area (Å²) in [7, 11) is 1.06. The van der Waals surface area contributed by atoms with E-state index in [1.165, 1.54) is 24.8 Å². The Hall–Kier alpha value is -0.863. The van der Waals surface area contributed by atoms with Gasteiger partial charge in [-0.05, 0) is 24.8 Å². The number of benzene rings is 1. The zero-order chi connectivity index (χ0) is 11.4. The first-order valence-electron chi connectivity index (χ1n) is 6.08. The summed E-state index contributed by atoms with van der Waals surface area (Å²) in [4.78, 5) is 0. The van der Waals surface area contributed by atoms with Gasteiger partial charge in [0.05, 0.1) is 5.22 Å². The molecule has 0 aliphatic carbocycles. The van der Waals surface area contributed by atoms with Crippen LogP contribution in [0.1, 0.15) is 30.7 Å². The van der Waals surface area contributed by atoms with Crippen molar-refractivity contribution in [3.05, 3.63) is 48.6 Å². The zero-order valence-electron chi connectivity index (χ0n) is 9.99. The fourth-order valence-electron chi connectivity index (χ4n) is 2.60. The lowest BCUT2D eigenvalue weighted by molar-refractivity contribution is -0.0263. The van der Waals surface area contributed by atoms with E-state index >= 15 is 0 Å². The summed E-state index contributed by atoms with van der Waals surface area (Å²) in [6, 6.07) is 10.6. The third-order valence-corrected chi connectivity index (χ3v) is 4.96. The van der Waals surface area contributed by atoms with E-state index in [-0.39, 0.29) is 5.22 Å². The molecular formula is C14H20OSi. The van der Waals surface area contributed by atoms with Crippen molar-refractivity contribution < 1.29 is 4.74 Å². The SMILES string of the molecule is C=CC(c1ccccc1)C1([SiH3])CCCCO1. The molecule has 0 radical (unpaired) electrons. The molecule has 0 spiro atoms. The zero-order valence-corrected chi connectivity index (χ0v) is 12.0. The predicted molar refractivity (Wildman–Crippen MR) is 71.9 cm³/mol. The van der Waals surface area contributed by atoms with Crippen LogP contribution in [0.4, 0.5) is 0 Å². The van der Waals surface area contributed by atoms with Crippen LogP contribution in [0.15, 0.2) is 43.0 Å². The largest absolute Gasteiger partial charge is 0.379 e. The molecule has 16 heavy (non-hydrogen) atoms. The third-order valence-electron chi connectivity index (χ3n) is 3.55. The van der Waals surface area contributed by atoms with E-state index in [1.807, 2.05) is 0 Å². The first kappa shape index (κ1) is 11.6. The normalized spacial score (nSPS) is 27.5. The quantitative estimate of drug-likeness (QED) is 0.573. The van der Waals surface area contributed by atoms with Gasteiger partial charge in [0.25, 0.3) is 0 Å². The molecule has 2 heteroatoms. The van der Waals surface area contributed by atoms with Gasteiger partial charge in [0, 0.05) is 22.8 Å². The number of rotatable bonds is 3. The van der Waals surface area contributed by atoms with Crippen LogP contribution in [0.3, 0.4) is 0 Å². The highest BCUT2D eigenvalue weighted by molar-refractivity contribution is 6.15. The van der Waals surface area contributed by atoms with Crippen molar-refractivity contribution in [1.29, 1.82) is 0 Å². The minimum Gasteiger partial charge on any atom is -0.379 e. The van der Waals surface area contributed by atoms with Crippen LogP contribution in [0.25, 0.3) is 0 Å². The molecule has 0 bridgehead atoms. The third kappa shape index (κ3) is 2.28. The summed E-state index contributed by atoms with van der Waals surface area (Å²) in [6.45, 7) is 4.92. The van der Waals surface area contributed by atoms with Gasteiger partial charge in [0.2, 0.25) is 0 Å². The summed E-state index contributed by atoms with van der Waals surface area (Å²) in [5.74, 6) is 0.362. The standard InChI is InChI=1S/C14H20OSi/c1-2-13(12-8-4-3-5-9-12)14(16)10-6-7-11-15-14/h2-5,8-9,13H,1,6-7,10-11H2,16H3. The lowest BCUT2D eigenvalue weighted by atomic mass is 9.88. The fraction of sp³-hybridized carbons (Fsp3) is 0.429. The monoisotopic (exact) mass is 232 g/mol. The number of hydrogen-bond donors (Lipinski definition) is 0. The second kappa shape index (κ2) is 4.98. The first-order valence-corrected chi connectivity index (χ1v) is 7.08. The van der Waals surface area contributed by atoms with Gasteiger partial charge in [-0.15, -0.1) is 6.58 Å². The number of hydrogen-bond acceptors (Lipinski definition) is 1. The fourth-order valence-corrected chi connectivity index (χ4v) is 3.73. The summed E-state index contributed by atoms with van der Waals surface area (Å²) in [6.07, 6.45) is 5.75. The minimum atomic E-state index is 0.0708. The lowest BCUT2D eigenvalue weighted by Gasteiger charge is -2.39. The minimum absolute atomic E-state index is 0.0708. The molecule has 0 saturated carbocycles. The van der Waals surface area contributed by atoms with Crippen LogP contribution in [0.5, 0.6) is 0 Å². The lowest BCUT2D eigenvalue weighted by Crippen LogP contribution is -2.42. The molecule has 1 aliphatic heterocycles. The maximum atomic E-state index is 6.06. The Morgan fingerprint density at radius 1 is 1.31 bits per heavy atom. The Morgan fingerprint density at radius 2 is 2.06 bits per heavy atom. The molecule has 86 valence electrons.